The van der Waals surface area contributed by atoms with E-state index in [1.807, 2.05) is 56.3 Å². The third-order valence-corrected chi connectivity index (χ3v) is 4.56. The summed E-state index contributed by atoms with van der Waals surface area (Å²) in [6.45, 7) is 5.02. The zero-order valence-electron chi connectivity index (χ0n) is 15.3. The molecule has 0 unspecified atom stereocenters. The molecule has 0 radical (unpaired) electrons. The highest BCUT2D eigenvalue weighted by Gasteiger charge is 2.30. The number of carbonyl (C=O) groups excluding carboxylic acids is 2. The lowest BCUT2D eigenvalue weighted by molar-refractivity contribution is -0.116. The molecule has 6 heteroatoms. The summed E-state index contributed by atoms with van der Waals surface area (Å²) in [4.78, 5) is 28.3. The molecular formula is C20H23N3O3. The van der Waals surface area contributed by atoms with Crippen molar-refractivity contribution in [1.82, 2.24) is 4.90 Å². The maximum atomic E-state index is 12.6. The first kappa shape index (κ1) is 17.8. The van der Waals surface area contributed by atoms with Crippen LogP contribution in [0.2, 0.25) is 0 Å². The van der Waals surface area contributed by atoms with E-state index in [0.29, 0.717) is 13.1 Å². The van der Waals surface area contributed by atoms with Gasteiger partial charge in [0, 0.05) is 24.5 Å². The van der Waals surface area contributed by atoms with Gasteiger partial charge in [0.15, 0.2) is 0 Å². The van der Waals surface area contributed by atoms with E-state index in [4.69, 9.17) is 4.74 Å². The largest absolute Gasteiger partial charge is 0.497 e. The predicted octanol–water partition coefficient (Wildman–Crippen LogP) is 3.19. The molecule has 0 bridgehead atoms. The third kappa shape index (κ3) is 3.64. The summed E-state index contributed by atoms with van der Waals surface area (Å²) in [5.74, 6) is 0.553. The smallest absolute Gasteiger partial charge is 0.325 e. The molecule has 2 aromatic rings. The summed E-state index contributed by atoms with van der Waals surface area (Å²) in [6, 6.07) is 13.0. The molecule has 1 saturated heterocycles. The number of ether oxygens (including phenoxy) is 1. The van der Waals surface area contributed by atoms with E-state index < -0.39 is 0 Å². The van der Waals surface area contributed by atoms with Crippen LogP contribution >= 0.6 is 0 Å². The molecule has 3 amide bonds. The summed E-state index contributed by atoms with van der Waals surface area (Å²) >= 11 is 0. The Hall–Kier alpha value is -3.02. The third-order valence-electron chi connectivity index (χ3n) is 4.56. The lowest BCUT2D eigenvalue weighted by Gasteiger charge is -2.19. The molecule has 1 aliphatic rings. The van der Waals surface area contributed by atoms with Gasteiger partial charge in [-0.1, -0.05) is 18.2 Å². The summed E-state index contributed by atoms with van der Waals surface area (Å²) in [5, 5.41) is 2.93. The zero-order chi connectivity index (χ0) is 18.7. The van der Waals surface area contributed by atoms with Crippen LogP contribution in [0.25, 0.3) is 0 Å². The molecule has 136 valence electrons. The minimum Gasteiger partial charge on any atom is -0.497 e. The fourth-order valence-corrected chi connectivity index (χ4v) is 3.10. The summed E-state index contributed by atoms with van der Waals surface area (Å²) in [6.07, 6.45) is 0. The molecule has 3 rings (SSSR count). The van der Waals surface area contributed by atoms with E-state index in [9.17, 15) is 9.59 Å². The van der Waals surface area contributed by atoms with E-state index in [2.05, 4.69) is 5.32 Å². The molecular weight excluding hydrogens is 330 g/mol. The number of anilines is 2. The molecule has 1 heterocycles. The van der Waals surface area contributed by atoms with Crippen LogP contribution in [0.15, 0.2) is 42.5 Å². The Balaban J connectivity index is 1.64. The van der Waals surface area contributed by atoms with E-state index in [-0.39, 0.29) is 18.5 Å². The van der Waals surface area contributed by atoms with Crippen molar-refractivity contribution < 1.29 is 14.3 Å². The van der Waals surface area contributed by atoms with Gasteiger partial charge in [-0.05, 0) is 49.2 Å². The molecule has 1 N–H and O–H groups in total. The second-order valence-corrected chi connectivity index (χ2v) is 6.37. The molecule has 1 fully saturated rings. The van der Waals surface area contributed by atoms with Crippen molar-refractivity contribution in [2.75, 3.05) is 37.0 Å². The number of aryl methyl sites for hydroxylation is 2. The number of rotatable bonds is 5. The first-order valence-electron chi connectivity index (χ1n) is 8.56. The summed E-state index contributed by atoms with van der Waals surface area (Å²) in [5.41, 5.74) is 3.63. The highest BCUT2D eigenvalue weighted by molar-refractivity contribution is 5.99. The van der Waals surface area contributed by atoms with Crippen molar-refractivity contribution in [1.29, 1.82) is 0 Å². The SMILES string of the molecule is COc1ccc(N2CCN(CC(=O)Nc3c(C)cccc3C)C2=O)cc1. The van der Waals surface area contributed by atoms with Crippen LogP contribution in [0.5, 0.6) is 5.75 Å². The maximum absolute atomic E-state index is 12.6. The van der Waals surface area contributed by atoms with Gasteiger partial charge in [0.05, 0.1) is 7.11 Å². The van der Waals surface area contributed by atoms with Crippen LogP contribution in [-0.2, 0) is 4.79 Å². The molecule has 26 heavy (non-hydrogen) atoms. The molecule has 0 spiro atoms. The summed E-state index contributed by atoms with van der Waals surface area (Å²) in [7, 11) is 1.60. The minimum atomic E-state index is -0.188. The Morgan fingerprint density at radius 1 is 1.08 bits per heavy atom. The number of para-hydroxylation sites is 1. The lowest BCUT2D eigenvalue weighted by Crippen LogP contribution is -2.37. The van der Waals surface area contributed by atoms with Crippen molar-refractivity contribution in [2.24, 2.45) is 0 Å². The van der Waals surface area contributed by atoms with Gasteiger partial charge in [-0.25, -0.2) is 4.79 Å². The van der Waals surface area contributed by atoms with Gasteiger partial charge in [-0.2, -0.15) is 0 Å². The fourth-order valence-electron chi connectivity index (χ4n) is 3.10. The number of hydrogen-bond acceptors (Lipinski definition) is 3. The fraction of sp³-hybridized carbons (Fsp3) is 0.300. The Morgan fingerprint density at radius 2 is 1.73 bits per heavy atom. The monoisotopic (exact) mass is 353 g/mol. The van der Waals surface area contributed by atoms with Crippen molar-refractivity contribution in [3.8, 4) is 5.75 Å². The van der Waals surface area contributed by atoms with Gasteiger partial charge >= 0.3 is 6.03 Å². The number of carbonyl (C=O) groups is 2. The molecule has 2 aromatic carbocycles. The average Bonchev–Trinajstić information content (AvgIpc) is 2.99. The Bertz CT molecular complexity index is 797. The van der Waals surface area contributed by atoms with Crippen LogP contribution < -0.4 is 15.0 Å². The van der Waals surface area contributed by atoms with Crippen molar-refractivity contribution in [3.05, 3.63) is 53.6 Å². The molecule has 0 aromatic heterocycles. The van der Waals surface area contributed by atoms with Gasteiger partial charge in [0.2, 0.25) is 5.91 Å². The van der Waals surface area contributed by atoms with Crippen LogP contribution in [0.4, 0.5) is 16.2 Å². The number of nitrogens with zero attached hydrogens (tertiary/aromatic N) is 2. The maximum Gasteiger partial charge on any atom is 0.325 e. The highest BCUT2D eigenvalue weighted by Crippen LogP contribution is 2.23. The van der Waals surface area contributed by atoms with Gasteiger partial charge in [0.1, 0.15) is 12.3 Å². The van der Waals surface area contributed by atoms with E-state index >= 15 is 0 Å². The standard InChI is InChI=1S/C20H23N3O3/c1-14-5-4-6-15(2)19(14)21-18(24)13-22-11-12-23(20(22)25)16-7-9-17(26-3)10-8-16/h4-10H,11-13H2,1-3H3,(H,21,24). The van der Waals surface area contributed by atoms with E-state index in [1.165, 1.54) is 0 Å². The number of urea groups is 1. The molecule has 0 aliphatic carbocycles. The van der Waals surface area contributed by atoms with Crippen LogP contribution in [0.1, 0.15) is 11.1 Å². The quantitative estimate of drug-likeness (QED) is 0.898. The number of hydrogen-bond donors (Lipinski definition) is 1. The van der Waals surface area contributed by atoms with Crippen LogP contribution in [-0.4, -0.2) is 43.6 Å². The number of methoxy groups -OCH3 is 1. The van der Waals surface area contributed by atoms with Gasteiger partial charge in [0.25, 0.3) is 0 Å². The van der Waals surface area contributed by atoms with Crippen LogP contribution in [0.3, 0.4) is 0 Å². The Morgan fingerprint density at radius 3 is 2.35 bits per heavy atom. The second-order valence-electron chi connectivity index (χ2n) is 6.37. The lowest BCUT2D eigenvalue weighted by atomic mass is 10.1. The topological polar surface area (TPSA) is 61.9 Å². The zero-order valence-corrected chi connectivity index (χ0v) is 15.3. The van der Waals surface area contributed by atoms with E-state index in [0.717, 1.165) is 28.3 Å². The highest BCUT2D eigenvalue weighted by atomic mass is 16.5. The van der Waals surface area contributed by atoms with Crippen molar-refractivity contribution in [3.63, 3.8) is 0 Å². The molecule has 0 saturated carbocycles. The Labute approximate surface area is 153 Å². The van der Waals surface area contributed by atoms with Gasteiger partial charge in [-0.3, -0.25) is 9.69 Å². The first-order valence-corrected chi connectivity index (χ1v) is 8.56. The van der Waals surface area contributed by atoms with Gasteiger partial charge in [-0.15, -0.1) is 0 Å². The Kier molecular flexibility index (Phi) is 5.11. The minimum absolute atomic E-state index is 0.0409. The van der Waals surface area contributed by atoms with Crippen molar-refractivity contribution in [2.45, 2.75) is 13.8 Å². The normalized spacial score (nSPS) is 13.9. The molecule has 0 atom stereocenters. The van der Waals surface area contributed by atoms with Crippen molar-refractivity contribution >= 4 is 23.3 Å². The molecule has 6 nitrogen and oxygen atoms in total. The number of benzene rings is 2. The van der Waals surface area contributed by atoms with Gasteiger partial charge < -0.3 is 15.0 Å². The van der Waals surface area contributed by atoms with E-state index in [1.54, 1.807) is 16.9 Å². The number of amides is 3. The van der Waals surface area contributed by atoms with Crippen LogP contribution in [0, 0.1) is 13.8 Å². The average molecular weight is 353 g/mol. The second kappa shape index (κ2) is 7.47. The summed E-state index contributed by atoms with van der Waals surface area (Å²) < 4.78 is 5.14. The first-order chi connectivity index (χ1) is 12.5. The molecule has 1 aliphatic heterocycles. The predicted molar refractivity (Wildman–Crippen MR) is 102 cm³/mol. The number of nitrogens with one attached hydrogen (secondary N) is 1.